The number of rotatable bonds is 5. The molecule has 2 rings (SSSR count). The third-order valence-corrected chi connectivity index (χ3v) is 3.97. The minimum absolute atomic E-state index is 0. The number of amides is 1. The summed E-state index contributed by atoms with van der Waals surface area (Å²) in [4.78, 5) is 22.2. The van der Waals surface area contributed by atoms with Gasteiger partial charge < -0.3 is 11.1 Å². The molecule has 0 aromatic heterocycles. The Morgan fingerprint density at radius 2 is 2.00 bits per heavy atom. The van der Waals surface area contributed by atoms with Crippen LogP contribution in [0, 0.1) is 10.1 Å². The second kappa shape index (κ2) is 8.10. The van der Waals surface area contributed by atoms with E-state index < -0.39 is 4.92 Å². The third kappa shape index (κ3) is 5.27. The number of nitro benzene ring substituents is 1. The molecule has 7 heteroatoms. The highest BCUT2D eigenvalue weighted by molar-refractivity contribution is 5.85. The smallest absolute Gasteiger partial charge is 0.269 e. The Morgan fingerprint density at radius 1 is 1.32 bits per heavy atom. The van der Waals surface area contributed by atoms with E-state index in [1.807, 2.05) is 0 Å². The lowest BCUT2D eigenvalue weighted by molar-refractivity contribution is -0.384. The molecule has 1 fully saturated rings. The molecular weight excluding hydrogens is 306 g/mol. The summed E-state index contributed by atoms with van der Waals surface area (Å²) in [5.41, 5.74) is 6.60. The van der Waals surface area contributed by atoms with Crippen molar-refractivity contribution < 1.29 is 9.72 Å². The van der Waals surface area contributed by atoms with Crippen LogP contribution >= 0.6 is 12.4 Å². The molecule has 0 unspecified atom stereocenters. The highest BCUT2D eigenvalue weighted by atomic mass is 35.5. The Hall–Kier alpha value is -1.66. The molecule has 0 atom stereocenters. The highest BCUT2D eigenvalue weighted by Crippen LogP contribution is 2.25. The first-order valence-electron chi connectivity index (χ1n) is 7.27. The van der Waals surface area contributed by atoms with Gasteiger partial charge >= 0.3 is 0 Å². The normalized spacial score (nSPS) is 16.4. The van der Waals surface area contributed by atoms with Crippen molar-refractivity contribution in [1.29, 1.82) is 0 Å². The Morgan fingerprint density at radius 3 is 2.64 bits per heavy atom. The van der Waals surface area contributed by atoms with Crippen LogP contribution < -0.4 is 11.1 Å². The summed E-state index contributed by atoms with van der Waals surface area (Å²) in [5.74, 6) is -0.147. The number of nitrogens with two attached hydrogens (primary N) is 1. The monoisotopic (exact) mass is 327 g/mol. The van der Waals surface area contributed by atoms with Crippen molar-refractivity contribution in [3.63, 3.8) is 0 Å². The Kier molecular flexibility index (Phi) is 6.77. The first-order valence-corrected chi connectivity index (χ1v) is 7.27. The molecule has 6 nitrogen and oxygen atoms in total. The minimum Gasteiger partial charge on any atom is -0.354 e. The van der Waals surface area contributed by atoms with E-state index >= 15 is 0 Å². The number of halogens is 1. The van der Waals surface area contributed by atoms with E-state index in [0.717, 1.165) is 25.7 Å². The van der Waals surface area contributed by atoms with E-state index in [-0.39, 0.29) is 36.0 Å². The first-order chi connectivity index (χ1) is 9.98. The minimum atomic E-state index is -0.460. The van der Waals surface area contributed by atoms with Gasteiger partial charge in [-0.25, -0.2) is 0 Å². The lowest BCUT2D eigenvalue weighted by Crippen LogP contribution is -2.51. The van der Waals surface area contributed by atoms with Crippen LogP contribution in [0.1, 0.15) is 37.7 Å². The number of benzene rings is 1. The fourth-order valence-corrected chi connectivity index (χ4v) is 2.74. The molecule has 1 aromatic carbocycles. The van der Waals surface area contributed by atoms with Crippen molar-refractivity contribution in [3.8, 4) is 0 Å². The van der Waals surface area contributed by atoms with Crippen LogP contribution in [0.2, 0.25) is 0 Å². The van der Waals surface area contributed by atoms with Gasteiger partial charge in [0.2, 0.25) is 5.91 Å². The van der Waals surface area contributed by atoms with Gasteiger partial charge in [0.05, 0.1) is 11.3 Å². The number of carbonyl (C=O) groups excluding carboxylic acids is 1. The van der Waals surface area contributed by atoms with Gasteiger partial charge in [-0.05, 0) is 18.4 Å². The van der Waals surface area contributed by atoms with Gasteiger partial charge in [-0.3, -0.25) is 14.9 Å². The fourth-order valence-electron chi connectivity index (χ4n) is 2.74. The topological polar surface area (TPSA) is 98.3 Å². The average Bonchev–Trinajstić information content (AvgIpc) is 2.46. The van der Waals surface area contributed by atoms with E-state index in [2.05, 4.69) is 5.32 Å². The van der Waals surface area contributed by atoms with Gasteiger partial charge in [0.15, 0.2) is 0 Å². The number of non-ortho nitro benzene ring substituents is 1. The lowest BCUT2D eigenvalue weighted by atomic mass is 9.82. The predicted octanol–water partition coefficient (Wildman–Crippen LogP) is 2.34. The molecule has 1 aliphatic rings. The second-order valence-electron chi connectivity index (χ2n) is 5.80. The van der Waals surface area contributed by atoms with Crippen LogP contribution in [0.3, 0.4) is 0 Å². The van der Waals surface area contributed by atoms with E-state index in [9.17, 15) is 14.9 Å². The molecule has 0 saturated heterocycles. The van der Waals surface area contributed by atoms with E-state index in [0.29, 0.717) is 12.1 Å². The SMILES string of the molecule is Cl.NC1(CNC(=O)Cc2cccc([N+](=O)[O-])c2)CCCCC1. The van der Waals surface area contributed by atoms with Crippen molar-refractivity contribution in [2.24, 2.45) is 5.73 Å². The molecule has 0 bridgehead atoms. The summed E-state index contributed by atoms with van der Waals surface area (Å²) in [5, 5.41) is 13.6. The zero-order valence-corrected chi connectivity index (χ0v) is 13.2. The molecule has 1 aliphatic carbocycles. The van der Waals surface area contributed by atoms with Crippen molar-refractivity contribution in [2.45, 2.75) is 44.1 Å². The van der Waals surface area contributed by atoms with Crippen molar-refractivity contribution >= 4 is 24.0 Å². The van der Waals surface area contributed by atoms with E-state index in [1.54, 1.807) is 12.1 Å². The molecule has 22 heavy (non-hydrogen) atoms. The van der Waals surface area contributed by atoms with Crippen LogP contribution in [-0.4, -0.2) is 22.9 Å². The first kappa shape index (κ1) is 18.4. The summed E-state index contributed by atoms with van der Waals surface area (Å²) in [6.45, 7) is 0.473. The van der Waals surface area contributed by atoms with Crippen molar-refractivity contribution in [1.82, 2.24) is 5.32 Å². The molecule has 0 spiro atoms. The largest absolute Gasteiger partial charge is 0.354 e. The number of hydrogen-bond donors (Lipinski definition) is 2. The number of nitrogens with one attached hydrogen (secondary N) is 1. The van der Waals surface area contributed by atoms with Crippen LogP contribution in [0.25, 0.3) is 0 Å². The zero-order chi connectivity index (χ0) is 15.3. The molecule has 1 aromatic rings. The number of hydrogen-bond acceptors (Lipinski definition) is 4. The van der Waals surface area contributed by atoms with E-state index in [4.69, 9.17) is 5.73 Å². The molecule has 0 aliphatic heterocycles. The maximum atomic E-state index is 11.9. The molecule has 1 amide bonds. The van der Waals surface area contributed by atoms with Gasteiger partial charge in [0, 0.05) is 24.2 Å². The summed E-state index contributed by atoms with van der Waals surface area (Å²) in [6.07, 6.45) is 5.43. The highest BCUT2D eigenvalue weighted by Gasteiger charge is 2.27. The number of carbonyl (C=O) groups is 1. The lowest BCUT2D eigenvalue weighted by Gasteiger charge is -2.33. The average molecular weight is 328 g/mol. The third-order valence-electron chi connectivity index (χ3n) is 3.97. The van der Waals surface area contributed by atoms with Crippen LogP contribution in [0.4, 0.5) is 5.69 Å². The number of nitro groups is 1. The zero-order valence-electron chi connectivity index (χ0n) is 12.4. The molecule has 0 radical (unpaired) electrons. The maximum Gasteiger partial charge on any atom is 0.269 e. The van der Waals surface area contributed by atoms with Gasteiger partial charge in [0.1, 0.15) is 0 Å². The quantitative estimate of drug-likeness (QED) is 0.640. The predicted molar refractivity (Wildman–Crippen MR) is 87.1 cm³/mol. The van der Waals surface area contributed by atoms with Gasteiger partial charge in [-0.2, -0.15) is 0 Å². The summed E-state index contributed by atoms with van der Waals surface area (Å²) in [7, 11) is 0. The summed E-state index contributed by atoms with van der Waals surface area (Å²) in [6, 6.07) is 6.15. The molecule has 122 valence electrons. The fraction of sp³-hybridized carbons (Fsp3) is 0.533. The van der Waals surface area contributed by atoms with Crippen LogP contribution in [-0.2, 0) is 11.2 Å². The molecule has 3 N–H and O–H groups in total. The summed E-state index contributed by atoms with van der Waals surface area (Å²) >= 11 is 0. The summed E-state index contributed by atoms with van der Waals surface area (Å²) < 4.78 is 0. The molecular formula is C15H22ClN3O3. The standard InChI is InChI=1S/C15H21N3O3.ClH/c16-15(7-2-1-3-8-15)11-17-14(19)10-12-5-4-6-13(9-12)18(20)21;/h4-6,9H,1-3,7-8,10-11,16H2,(H,17,19);1H. The van der Waals surface area contributed by atoms with Crippen molar-refractivity contribution in [2.75, 3.05) is 6.54 Å². The van der Waals surface area contributed by atoms with Crippen molar-refractivity contribution in [3.05, 3.63) is 39.9 Å². The Bertz CT molecular complexity index is 531. The maximum absolute atomic E-state index is 11.9. The van der Waals surface area contributed by atoms with Gasteiger partial charge in [0.25, 0.3) is 5.69 Å². The molecule has 0 heterocycles. The van der Waals surface area contributed by atoms with Crippen LogP contribution in [0.15, 0.2) is 24.3 Å². The molecule has 1 saturated carbocycles. The number of nitrogens with zero attached hydrogens (tertiary/aromatic N) is 1. The Labute approximate surface area is 136 Å². The van der Waals surface area contributed by atoms with Gasteiger partial charge in [-0.1, -0.05) is 31.4 Å². The van der Waals surface area contributed by atoms with Crippen LogP contribution in [0.5, 0.6) is 0 Å². The van der Waals surface area contributed by atoms with Gasteiger partial charge in [-0.15, -0.1) is 12.4 Å². The van der Waals surface area contributed by atoms with E-state index in [1.165, 1.54) is 18.6 Å². The Balaban J connectivity index is 0.00000242. The second-order valence-corrected chi connectivity index (χ2v) is 5.80.